The number of hydrogen-bond donors (Lipinski definition) is 0. The second-order valence-electron chi connectivity index (χ2n) is 8.35. The van der Waals surface area contributed by atoms with Crippen LogP contribution < -0.4 is 0 Å². The van der Waals surface area contributed by atoms with Gasteiger partial charge < -0.3 is 9.64 Å². The van der Waals surface area contributed by atoms with Crippen LogP contribution in [0.25, 0.3) is 0 Å². The molecule has 0 radical (unpaired) electrons. The molecule has 33 heavy (non-hydrogen) atoms. The van der Waals surface area contributed by atoms with Gasteiger partial charge in [0.25, 0.3) is 0 Å². The second kappa shape index (κ2) is 11.8. The van der Waals surface area contributed by atoms with Crippen molar-refractivity contribution in [3.8, 4) is 0 Å². The lowest BCUT2D eigenvalue weighted by Gasteiger charge is -2.35. The van der Waals surface area contributed by atoms with E-state index in [0.717, 1.165) is 29.3 Å². The van der Waals surface area contributed by atoms with Crippen LogP contribution in [0.2, 0.25) is 5.02 Å². The van der Waals surface area contributed by atoms with E-state index in [4.69, 9.17) is 16.3 Å². The monoisotopic (exact) mass is 533 g/mol. The van der Waals surface area contributed by atoms with Crippen molar-refractivity contribution in [3.05, 3.63) is 69.2 Å². The summed E-state index contributed by atoms with van der Waals surface area (Å²) in [6.45, 7) is 3.12. The summed E-state index contributed by atoms with van der Waals surface area (Å²) < 4.78 is 5.99. The fraction of sp³-hybridized carbons (Fsp3) is 0.423. The lowest BCUT2D eigenvalue weighted by molar-refractivity contribution is -0.155. The van der Waals surface area contributed by atoms with Crippen LogP contribution in [0, 0.1) is 11.8 Å². The quantitative estimate of drug-likeness (QED) is 0.240. The molecule has 0 saturated carbocycles. The number of hydrogen-bond acceptors (Lipinski definition) is 4. The fourth-order valence-corrected chi connectivity index (χ4v) is 5.00. The van der Waals surface area contributed by atoms with Gasteiger partial charge in [-0.2, -0.15) is 0 Å². The first-order chi connectivity index (χ1) is 15.9. The Morgan fingerprint density at radius 3 is 2.15 bits per heavy atom. The highest BCUT2D eigenvalue weighted by atomic mass is 79.9. The fourth-order valence-electron chi connectivity index (χ4n) is 4.61. The number of ketones is 1. The van der Waals surface area contributed by atoms with Gasteiger partial charge in [-0.15, -0.1) is 0 Å². The van der Waals surface area contributed by atoms with Gasteiger partial charge in [-0.05, 0) is 55.5 Å². The summed E-state index contributed by atoms with van der Waals surface area (Å²) in [5.41, 5.74) is 1.26. The van der Waals surface area contributed by atoms with E-state index in [-0.39, 0.29) is 11.7 Å². The highest BCUT2D eigenvalue weighted by Gasteiger charge is 2.45. The summed E-state index contributed by atoms with van der Waals surface area (Å²) in [6, 6.07) is 14.2. The van der Waals surface area contributed by atoms with Crippen LogP contribution >= 0.6 is 27.5 Å². The maximum absolute atomic E-state index is 13.7. The predicted molar refractivity (Wildman–Crippen MR) is 132 cm³/mol. The number of carbonyl (C=O) groups is 3. The van der Waals surface area contributed by atoms with Gasteiger partial charge in [-0.25, -0.2) is 0 Å². The number of esters is 1. The number of piperidine rings is 1. The minimum absolute atomic E-state index is 0.106. The number of Topliss-reactive ketones (excluding diaryl/α,β-unsaturated/α-hetero) is 1. The van der Waals surface area contributed by atoms with E-state index in [9.17, 15) is 14.4 Å². The van der Waals surface area contributed by atoms with E-state index in [1.54, 1.807) is 41.3 Å². The largest absolute Gasteiger partial charge is 0.468 e. The Morgan fingerprint density at radius 2 is 1.61 bits per heavy atom. The molecule has 0 unspecified atom stereocenters. The first-order valence-electron chi connectivity index (χ1n) is 11.3. The number of nitrogens with zero attached hydrogens (tertiary/aromatic N) is 1. The number of carbonyl (C=O) groups excluding carboxylic acids is 3. The second-order valence-corrected chi connectivity index (χ2v) is 9.70. The van der Waals surface area contributed by atoms with Crippen LogP contribution in [0.15, 0.2) is 53.0 Å². The van der Waals surface area contributed by atoms with Gasteiger partial charge in [0.05, 0.1) is 7.11 Å². The zero-order valence-corrected chi connectivity index (χ0v) is 21.3. The van der Waals surface area contributed by atoms with Crippen molar-refractivity contribution in [1.82, 2.24) is 4.90 Å². The molecule has 1 fully saturated rings. The minimum Gasteiger partial charge on any atom is -0.468 e. The van der Waals surface area contributed by atoms with Gasteiger partial charge >= 0.3 is 5.97 Å². The molecule has 2 aromatic carbocycles. The van der Waals surface area contributed by atoms with Crippen LogP contribution in [-0.2, 0) is 14.3 Å². The van der Waals surface area contributed by atoms with E-state index in [0.29, 0.717) is 30.1 Å². The first kappa shape index (κ1) is 25.4. The van der Waals surface area contributed by atoms with Crippen LogP contribution in [-0.4, -0.2) is 42.8 Å². The van der Waals surface area contributed by atoms with Crippen LogP contribution in [0.3, 0.4) is 0 Å². The molecule has 7 heteroatoms. The SMILES string of the molecule is CC[C@@H](C(=O)c1ccc(Br)cc1)[C@H](c1ccc(Cl)cc1)[C@H](C(=O)OC)C(=O)N1CCCCC1. The standard InChI is InChI=1S/C26H29BrClNO4/c1-3-21(24(30)18-7-11-19(27)12-8-18)22(17-9-13-20(28)14-10-17)23(26(32)33-2)25(31)29-15-5-4-6-16-29/h7-14,21-23H,3-6,15-16H2,1-2H3/t21-,22+,23+/m1/s1. The van der Waals surface area contributed by atoms with Crippen molar-refractivity contribution in [2.24, 2.45) is 11.8 Å². The van der Waals surface area contributed by atoms with Crippen LogP contribution in [0.1, 0.15) is 54.4 Å². The third-order valence-corrected chi connectivity index (χ3v) is 7.12. The van der Waals surface area contributed by atoms with Crippen molar-refractivity contribution in [2.75, 3.05) is 20.2 Å². The molecule has 3 atom stereocenters. The molecule has 1 saturated heterocycles. The van der Waals surface area contributed by atoms with E-state index in [1.807, 2.05) is 19.1 Å². The van der Waals surface area contributed by atoms with Gasteiger partial charge in [0.1, 0.15) is 5.92 Å². The summed E-state index contributed by atoms with van der Waals surface area (Å²) >= 11 is 9.52. The van der Waals surface area contributed by atoms with Crippen molar-refractivity contribution in [2.45, 2.75) is 38.5 Å². The van der Waals surface area contributed by atoms with E-state index < -0.39 is 23.7 Å². The van der Waals surface area contributed by atoms with Crippen molar-refractivity contribution in [3.63, 3.8) is 0 Å². The van der Waals surface area contributed by atoms with Gasteiger partial charge in [0.15, 0.2) is 5.78 Å². The Bertz CT molecular complexity index is 971. The number of amides is 1. The number of methoxy groups -OCH3 is 1. The molecular formula is C26H29BrClNO4. The zero-order valence-electron chi connectivity index (χ0n) is 18.9. The molecule has 176 valence electrons. The lowest BCUT2D eigenvalue weighted by atomic mass is 9.72. The van der Waals surface area contributed by atoms with Gasteiger partial charge in [0, 0.05) is 40.0 Å². The maximum atomic E-state index is 13.7. The molecule has 1 amide bonds. The Morgan fingerprint density at radius 1 is 1.00 bits per heavy atom. The Hall–Kier alpha value is -2.18. The Kier molecular flexibility index (Phi) is 9.10. The van der Waals surface area contributed by atoms with Gasteiger partial charge in [-0.1, -0.05) is 58.7 Å². The average molecular weight is 535 g/mol. The first-order valence-corrected chi connectivity index (χ1v) is 12.5. The molecule has 0 N–H and O–H groups in total. The van der Waals surface area contributed by atoms with E-state index in [1.165, 1.54) is 7.11 Å². The summed E-state index contributed by atoms with van der Waals surface area (Å²) in [4.78, 5) is 42.2. The molecule has 1 aliphatic heterocycles. The van der Waals surface area contributed by atoms with E-state index >= 15 is 0 Å². The van der Waals surface area contributed by atoms with Crippen LogP contribution in [0.4, 0.5) is 0 Å². The van der Waals surface area contributed by atoms with Crippen molar-refractivity contribution >= 4 is 45.2 Å². The predicted octanol–water partition coefficient (Wildman–Crippen LogP) is 5.90. The Balaban J connectivity index is 2.09. The minimum atomic E-state index is -1.11. The van der Waals surface area contributed by atoms with E-state index in [2.05, 4.69) is 15.9 Å². The molecule has 5 nitrogen and oxygen atoms in total. The molecule has 3 rings (SSSR count). The maximum Gasteiger partial charge on any atom is 0.318 e. The molecule has 0 spiro atoms. The van der Waals surface area contributed by atoms with Gasteiger partial charge in [-0.3, -0.25) is 14.4 Å². The molecule has 2 aromatic rings. The number of benzene rings is 2. The highest BCUT2D eigenvalue weighted by molar-refractivity contribution is 9.10. The zero-order chi connectivity index (χ0) is 24.0. The topological polar surface area (TPSA) is 63.7 Å². The molecule has 1 aliphatic rings. The van der Waals surface area contributed by atoms with Crippen molar-refractivity contribution < 1.29 is 19.1 Å². The summed E-state index contributed by atoms with van der Waals surface area (Å²) in [5, 5.41) is 0.543. The van der Waals surface area contributed by atoms with Crippen molar-refractivity contribution in [1.29, 1.82) is 0 Å². The number of ether oxygens (including phenoxy) is 1. The number of halogens is 2. The van der Waals surface area contributed by atoms with Crippen LogP contribution in [0.5, 0.6) is 0 Å². The highest BCUT2D eigenvalue weighted by Crippen LogP contribution is 2.39. The third-order valence-electron chi connectivity index (χ3n) is 6.34. The summed E-state index contributed by atoms with van der Waals surface area (Å²) in [7, 11) is 1.29. The molecule has 0 bridgehead atoms. The molecular weight excluding hydrogens is 506 g/mol. The average Bonchev–Trinajstić information content (AvgIpc) is 2.84. The number of rotatable bonds is 8. The lowest BCUT2D eigenvalue weighted by Crippen LogP contribution is -2.47. The number of likely N-dealkylation sites (tertiary alicyclic amines) is 1. The van der Waals surface area contributed by atoms with Gasteiger partial charge in [0.2, 0.25) is 5.91 Å². The third kappa shape index (κ3) is 6.04. The molecule has 0 aliphatic carbocycles. The molecule has 0 aromatic heterocycles. The normalized spacial score (nSPS) is 16.5. The summed E-state index contributed by atoms with van der Waals surface area (Å²) in [6.07, 6.45) is 3.33. The molecule has 1 heterocycles. The summed E-state index contributed by atoms with van der Waals surface area (Å²) in [5.74, 6) is -3.38. The Labute approximate surface area is 208 Å². The smallest absolute Gasteiger partial charge is 0.318 e.